The lowest BCUT2D eigenvalue weighted by Gasteiger charge is -2.31. The van der Waals surface area contributed by atoms with Gasteiger partial charge in [0.25, 0.3) is 0 Å². The molecule has 3 fully saturated rings. The van der Waals surface area contributed by atoms with E-state index in [1.807, 2.05) is 0 Å². The van der Waals surface area contributed by atoms with Gasteiger partial charge < -0.3 is 5.32 Å². The Kier molecular flexibility index (Phi) is 4.20. The quantitative estimate of drug-likeness (QED) is 0.869. The van der Waals surface area contributed by atoms with Crippen molar-refractivity contribution in [2.24, 2.45) is 5.92 Å². The van der Waals surface area contributed by atoms with Crippen molar-refractivity contribution in [2.45, 2.75) is 49.3 Å². The molecule has 23 heavy (non-hydrogen) atoms. The van der Waals surface area contributed by atoms with Gasteiger partial charge in [-0.05, 0) is 50.1 Å². The fraction of sp³-hybridized carbons (Fsp3) is 0.667. The zero-order valence-corrected chi connectivity index (χ0v) is 14.3. The van der Waals surface area contributed by atoms with Crippen LogP contribution >= 0.6 is 0 Å². The van der Waals surface area contributed by atoms with Crippen LogP contribution in [-0.2, 0) is 10.0 Å². The second-order valence-electron chi connectivity index (χ2n) is 7.35. The Morgan fingerprint density at radius 1 is 1.04 bits per heavy atom. The van der Waals surface area contributed by atoms with Crippen molar-refractivity contribution in [1.29, 1.82) is 0 Å². The molecule has 1 saturated heterocycles. The first-order chi connectivity index (χ1) is 11.1. The number of benzene rings is 1. The van der Waals surface area contributed by atoms with Crippen LogP contribution < -0.4 is 5.32 Å². The molecule has 0 spiro atoms. The van der Waals surface area contributed by atoms with Gasteiger partial charge in [-0.3, -0.25) is 0 Å². The van der Waals surface area contributed by atoms with Gasteiger partial charge in [0.05, 0.1) is 5.25 Å². The van der Waals surface area contributed by atoms with E-state index < -0.39 is 10.0 Å². The molecule has 0 unspecified atom stereocenters. The van der Waals surface area contributed by atoms with Crippen molar-refractivity contribution in [3.8, 4) is 0 Å². The Bertz CT molecular complexity index is 634. The van der Waals surface area contributed by atoms with E-state index in [1.165, 1.54) is 12.0 Å². The van der Waals surface area contributed by atoms with Crippen molar-refractivity contribution in [3.63, 3.8) is 0 Å². The van der Waals surface area contributed by atoms with Crippen molar-refractivity contribution in [1.82, 2.24) is 9.62 Å². The SMILES string of the molecule is O=S(=O)(C1CC1)N1CCC(CN[C@@H]2C[C@H]2c2ccccc2)CC1. The van der Waals surface area contributed by atoms with Crippen LogP contribution in [0.5, 0.6) is 0 Å². The second kappa shape index (κ2) is 6.19. The molecule has 1 aliphatic heterocycles. The van der Waals surface area contributed by atoms with Crippen LogP contribution in [0.1, 0.15) is 43.6 Å². The molecular weight excluding hydrogens is 308 g/mol. The summed E-state index contributed by atoms with van der Waals surface area (Å²) in [6.07, 6.45) is 4.97. The Morgan fingerprint density at radius 2 is 1.74 bits per heavy atom. The van der Waals surface area contributed by atoms with Gasteiger partial charge in [-0.1, -0.05) is 30.3 Å². The van der Waals surface area contributed by atoms with Crippen LogP contribution in [0.15, 0.2) is 30.3 Å². The molecule has 3 aliphatic rings. The van der Waals surface area contributed by atoms with Crippen LogP contribution in [-0.4, -0.2) is 43.6 Å². The minimum absolute atomic E-state index is 0.0599. The molecule has 2 saturated carbocycles. The van der Waals surface area contributed by atoms with Crippen LogP contribution in [0.2, 0.25) is 0 Å². The summed E-state index contributed by atoms with van der Waals surface area (Å²) >= 11 is 0. The summed E-state index contributed by atoms with van der Waals surface area (Å²) in [4.78, 5) is 0. The van der Waals surface area contributed by atoms with Crippen molar-refractivity contribution >= 4 is 10.0 Å². The maximum atomic E-state index is 12.2. The normalized spacial score (nSPS) is 29.6. The number of hydrogen-bond acceptors (Lipinski definition) is 3. The number of hydrogen-bond donors (Lipinski definition) is 1. The summed E-state index contributed by atoms with van der Waals surface area (Å²) in [6.45, 7) is 2.47. The molecule has 4 nitrogen and oxygen atoms in total. The number of piperidine rings is 1. The van der Waals surface area contributed by atoms with Gasteiger partial charge >= 0.3 is 0 Å². The summed E-state index contributed by atoms with van der Waals surface area (Å²) in [5.74, 6) is 1.30. The molecule has 0 radical (unpaired) electrons. The van der Waals surface area contributed by atoms with Gasteiger partial charge in [0.15, 0.2) is 0 Å². The topological polar surface area (TPSA) is 49.4 Å². The summed E-state index contributed by atoms with van der Waals surface area (Å²) in [7, 11) is -2.96. The van der Waals surface area contributed by atoms with E-state index in [-0.39, 0.29) is 5.25 Å². The minimum Gasteiger partial charge on any atom is -0.313 e. The van der Waals surface area contributed by atoms with Crippen molar-refractivity contribution in [3.05, 3.63) is 35.9 Å². The molecule has 5 heteroatoms. The molecule has 2 atom stereocenters. The Balaban J connectivity index is 1.21. The highest BCUT2D eigenvalue weighted by Crippen LogP contribution is 2.41. The minimum atomic E-state index is -2.96. The van der Waals surface area contributed by atoms with E-state index >= 15 is 0 Å². The summed E-state index contributed by atoms with van der Waals surface area (Å²) in [5, 5.41) is 3.64. The van der Waals surface area contributed by atoms with E-state index in [9.17, 15) is 8.42 Å². The standard InChI is InChI=1S/C18H26N2O2S/c21-23(22,16-6-7-16)20-10-8-14(9-11-20)13-19-18-12-17(18)15-4-2-1-3-5-15/h1-5,14,16-19H,6-13H2/t17-,18+/m0/s1. The molecule has 2 aliphatic carbocycles. The monoisotopic (exact) mass is 334 g/mol. The fourth-order valence-corrected chi connectivity index (χ4v) is 5.63. The van der Waals surface area contributed by atoms with E-state index in [4.69, 9.17) is 0 Å². The van der Waals surface area contributed by atoms with E-state index in [0.29, 0.717) is 17.9 Å². The molecular formula is C18H26N2O2S. The molecule has 1 N–H and O–H groups in total. The Labute approximate surface area is 139 Å². The zero-order valence-electron chi connectivity index (χ0n) is 13.5. The lowest BCUT2D eigenvalue weighted by molar-refractivity contribution is 0.266. The third-order valence-corrected chi connectivity index (χ3v) is 7.96. The third-order valence-electron chi connectivity index (χ3n) is 5.57. The van der Waals surface area contributed by atoms with Crippen LogP contribution in [0, 0.1) is 5.92 Å². The van der Waals surface area contributed by atoms with Crippen LogP contribution in [0.3, 0.4) is 0 Å². The number of rotatable bonds is 6. The van der Waals surface area contributed by atoms with Gasteiger partial charge in [-0.25, -0.2) is 12.7 Å². The van der Waals surface area contributed by atoms with Crippen LogP contribution in [0.4, 0.5) is 0 Å². The van der Waals surface area contributed by atoms with Gasteiger partial charge in [-0.15, -0.1) is 0 Å². The number of nitrogens with one attached hydrogen (secondary N) is 1. The highest BCUT2D eigenvalue weighted by atomic mass is 32.2. The molecule has 4 rings (SSSR count). The van der Waals surface area contributed by atoms with Gasteiger partial charge in [0.1, 0.15) is 0 Å². The van der Waals surface area contributed by atoms with Crippen LogP contribution in [0.25, 0.3) is 0 Å². The molecule has 126 valence electrons. The molecule has 0 aromatic heterocycles. The van der Waals surface area contributed by atoms with Gasteiger partial charge in [0, 0.05) is 25.0 Å². The summed E-state index contributed by atoms with van der Waals surface area (Å²) in [6, 6.07) is 11.3. The summed E-state index contributed by atoms with van der Waals surface area (Å²) < 4.78 is 26.2. The lowest BCUT2D eigenvalue weighted by Crippen LogP contribution is -2.42. The predicted molar refractivity (Wildman–Crippen MR) is 91.8 cm³/mol. The lowest BCUT2D eigenvalue weighted by atomic mass is 9.98. The second-order valence-corrected chi connectivity index (χ2v) is 9.57. The Hall–Kier alpha value is -0.910. The highest BCUT2D eigenvalue weighted by Gasteiger charge is 2.42. The molecule has 1 heterocycles. The molecule has 1 aromatic carbocycles. The predicted octanol–water partition coefficient (Wildman–Crippen LogP) is 2.34. The first kappa shape index (κ1) is 15.6. The van der Waals surface area contributed by atoms with Crippen molar-refractivity contribution in [2.75, 3.05) is 19.6 Å². The first-order valence-corrected chi connectivity index (χ1v) is 10.4. The smallest absolute Gasteiger partial charge is 0.216 e. The molecule has 0 amide bonds. The average Bonchev–Trinajstić information content (AvgIpc) is 3.48. The van der Waals surface area contributed by atoms with Gasteiger partial charge in [0.2, 0.25) is 10.0 Å². The average molecular weight is 334 g/mol. The summed E-state index contributed by atoms with van der Waals surface area (Å²) in [5.41, 5.74) is 1.44. The molecule has 0 bridgehead atoms. The Morgan fingerprint density at radius 3 is 2.39 bits per heavy atom. The van der Waals surface area contributed by atoms with Crippen molar-refractivity contribution < 1.29 is 8.42 Å². The number of sulfonamides is 1. The first-order valence-electron chi connectivity index (χ1n) is 8.92. The highest BCUT2D eigenvalue weighted by molar-refractivity contribution is 7.90. The van der Waals surface area contributed by atoms with E-state index in [0.717, 1.165) is 45.3 Å². The van der Waals surface area contributed by atoms with Gasteiger partial charge in [-0.2, -0.15) is 0 Å². The molecule has 1 aromatic rings. The third kappa shape index (κ3) is 3.47. The largest absolute Gasteiger partial charge is 0.313 e. The fourth-order valence-electron chi connectivity index (χ4n) is 3.75. The van der Waals surface area contributed by atoms with E-state index in [2.05, 4.69) is 35.6 Å². The maximum absolute atomic E-state index is 12.2. The van der Waals surface area contributed by atoms with E-state index in [1.54, 1.807) is 4.31 Å². The maximum Gasteiger partial charge on any atom is 0.216 e. The number of nitrogens with zero attached hydrogens (tertiary/aromatic N) is 1. The zero-order chi connectivity index (χ0) is 15.9.